The molecule has 0 aliphatic rings. The fourth-order valence-electron chi connectivity index (χ4n) is 1.73. The van der Waals surface area contributed by atoms with Crippen molar-refractivity contribution in [2.24, 2.45) is 0 Å². The van der Waals surface area contributed by atoms with E-state index < -0.39 is 5.97 Å². The molecule has 0 unspecified atom stereocenters. The summed E-state index contributed by atoms with van der Waals surface area (Å²) in [5.41, 5.74) is 1.41. The highest BCUT2D eigenvalue weighted by Crippen LogP contribution is 2.21. The van der Waals surface area contributed by atoms with Gasteiger partial charge in [0.15, 0.2) is 0 Å². The van der Waals surface area contributed by atoms with Gasteiger partial charge in [0, 0.05) is 11.1 Å². The van der Waals surface area contributed by atoms with Crippen molar-refractivity contribution in [1.82, 2.24) is 4.98 Å². The number of amides is 1. The molecular weight excluding hydrogens is 312 g/mol. The van der Waals surface area contributed by atoms with E-state index in [0.717, 1.165) is 10.7 Å². The van der Waals surface area contributed by atoms with E-state index in [-0.39, 0.29) is 22.9 Å². The SMILES string of the molecule is COC(=O)c1cc(NC(=O)Cc2csc(C)n2)ccc1Cl. The quantitative estimate of drug-likeness (QED) is 0.878. The molecule has 1 heterocycles. The first-order valence-corrected chi connectivity index (χ1v) is 7.34. The summed E-state index contributed by atoms with van der Waals surface area (Å²) in [6.45, 7) is 1.88. The number of methoxy groups -OCH3 is 1. The van der Waals surface area contributed by atoms with Gasteiger partial charge in [0.05, 0.1) is 34.8 Å². The minimum absolute atomic E-state index is 0.181. The highest BCUT2D eigenvalue weighted by atomic mass is 35.5. The lowest BCUT2D eigenvalue weighted by atomic mass is 10.2. The number of anilines is 1. The minimum atomic E-state index is -0.550. The molecule has 2 rings (SSSR count). The molecule has 5 nitrogen and oxygen atoms in total. The summed E-state index contributed by atoms with van der Waals surface area (Å²) in [5.74, 6) is -0.760. The summed E-state index contributed by atoms with van der Waals surface area (Å²) in [7, 11) is 1.27. The second-order valence-corrected chi connectivity index (χ2v) is 5.74. The molecule has 21 heavy (non-hydrogen) atoms. The Bertz CT molecular complexity index is 685. The van der Waals surface area contributed by atoms with Crippen molar-refractivity contribution in [3.8, 4) is 0 Å². The lowest BCUT2D eigenvalue weighted by Gasteiger charge is -2.07. The van der Waals surface area contributed by atoms with Crippen LogP contribution in [0, 0.1) is 6.92 Å². The van der Waals surface area contributed by atoms with Gasteiger partial charge in [0.2, 0.25) is 5.91 Å². The normalized spacial score (nSPS) is 10.2. The second-order valence-electron chi connectivity index (χ2n) is 4.27. The maximum Gasteiger partial charge on any atom is 0.339 e. The molecule has 0 aliphatic carbocycles. The molecular formula is C14H13ClN2O3S. The monoisotopic (exact) mass is 324 g/mol. The van der Waals surface area contributed by atoms with Crippen LogP contribution in [0.2, 0.25) is 5.02 Å². The van der Waals surface area contributed by atoms with Crippen LogP contribution in [0.15, 0.2) is 23.6 Å². The van der Waals surface area contributed by atoms with Gasteiger partial charge in [-0.3, -0.25) is 4.79 Å². The van der Waals surface area contributed by atoms with Gasteiger partial charge < -0.3 is 10.1 Å². The number of thiazole rings is 1. The number of nitrogens with zero attached hydrogens (tertiary/aromatic N) is 1. The van der Waals surface area contributed by atoms with Crippen LogP contribution in [-0.4, -0.2) is 24.0 Å². The molecule has 7 heteroatoms. The van der Waals surface area contributed by atoms with Gasteiger partial charge in [-0.05, 0) is 25.1 Å². The zero-order chi connectivity index (χ0) is 15.4. The third-order valence-electron chi connectivity index (χ3n) is 2.66. The second kappa shape index (κ2) is 6.69. The fraction of sp³-hybridized carbons (Fsp3) is 0.214. The smallest absolute Gasteiger partial charge is 0.339 e. The lowest BCUT2D eigenvalue weighted by Crippen LogP contribution is -2.15. The van der Waals surface area contributed by atoms with E-state index in [9.17, 15) is 9.59 Å². The van der Waals surface area contributed by atoms with E-state index in [1.54, 1.807) is 6.07 Å². The molecule has 2 aromatic rings. The number of ether oxygens (including phenoxy) is 1. The Kier molecular flexibility index (Phi) is 4.93. The average molecular weight is 325 g/mol. The van der Waals surface area contributed by atoms with E-state index >= 15 is 0 Å². The number of nitrogens with one attached hydrogen (secondary N) is 1. The average Bonchev–Trinajstić information content (AvgIpc) is 2.85. The third kappa shape index (κ3) is 4.03. The van der Waals surface area contributed by atoms with Gasteiger partial charge >= 0.3 is 5.97 Å². The molecule has 0 fully saturated rings. The van der Waals surface area contributed by atoms with Crippen molar-refractivity contribution < 1.29 is 14.3 Å². The summed E-state index contributed by atoms with van der Waals surface area (Å²) in [6, 6.07) is 4.65. The predicted octanol–water partition coefficient (Wildman–Crippen LogP) is 3.07. The Morgan fingerprint density at radius 3 is 2.81 bits per heavy atom. The predicted molar refractivity (Wildman–Crippen MR) is 82.0 cm³/mol. The first-order chi connectivity index (χ1) is 9.99. The van der Waals surface area contributed by atoms with Crippen molar-refractivity contribution in [2.45, 2.75) is 13.3 Å². The molecule has 0 bridgehead atoms. The molecule has 110 valence electrons. The number of hydrogen-bond donors (Lipinski definition) is 1. The van der Waals surface area contributed by atoms with Crippen LogP contribution in [0.5, 0.6) is 0 Å². The molecule has 0 saturated heterocycles. The van der Waals surface area contributed by atoms with Gasteiger partial charge in [-0.1, -0.05) is 11.6 Å². The number of carbonyl (C=O) groups is 2. The van der Waals surface area contributed by atoms with Crippen molar-refractivity contribution in [3.05, 3.63) is 44.9 Å². The number of carbonyl (C=O) groups excluding carboxylic acids is 2. The zero-order valence-electron chi connectivity index (χ0n) is 11.5. The van der Waals surface area contributed by atoms with E-state index in [2.05, 4.69) is 15.0 Å². The number of hydrogen-bond acceptors (Lipinski definition) is 5. The molecule has 1 N–H and O–H groups in total. The third-order valence-corrected chi connectivity index (χ3v) is 3.82. The minimum Gasteiger partial charge on any atom is -0.465 e. The zero-order valence-corrected chi connectivity index (χ0v) is 13.0. The highest BCUT2D eigenvalue weighted by molar-refractivity contribution is 7.09. The maximum atomic E-state index is 11.9. The Morgan fingerprint density at radius 1 is 1.43 bits per heavy atom. The first-order valence-electron chi connectivity index (χ1n) is 6.08. The highest BCUT2D eigenvalue weighted by Gasteiger charge is 2.13. The Balaban J connectivity index is 2.08. The Hall–Kier alpha value is -1.92. The van der Waals surface area contributed by atoms with Crippen LogP contribution in [-0.2, 0) is 16.0 Å². The van der Waals surface area contributed by atoms with Crippen molar-refractivity contribution in [3.63, 3.8) is 0 Å². The van der Waals surface area contributed by atoms with E-state index in [1.165, 1.54) is 30.6 Å². The van der Waals surface area contributed by atoms with E-state index in [4.69, 9.17) is 11.6 Å². The van der Waals surface area contributed by atoms with E-state index in [0.29, 0.717) is 5.69 Å². The molecule has 0 spiro atoms. The number of esters is 1. The van der Waals surface area contributed by atoms with Crippen LogP contribution in [0.1, 0.15) is 21.1 Å². The number of rotatable bonds is 4. The number of halogens is 1. The fourth-order valence-corrected chi connectivity index (χ4v) is 2.54. The molecule has 1 amide bonds. The molecule has 0 radical (unpaired) electrons. The summed E-state index contributed by atoms with van der Waals surface area (Å²) < 4.78 is 4.63. The largest absolute Gasteiger partial charge is 0.465 e. The topological polar surface area (TPSA) is 68.3 Å². The molecule has 1 aromatic heterocycles. The summed E-state index contributed by atoms with van der Waals surface area (Å²) in [5, 5.41) is 5.74. The number of aromatic nitrogens is 1. The van der Waals surface area contributed by atoms with Crippen molar-refractivity contribution in [1.29, 1.82) is 0 Å². The van der Waals surface area contributed by atoms with Gasteiger partial charge in [-0.25, -0.2) is 9.78 Å². The number of aryl methyl sites for hydroxylation is 1. The van der Waals surface area contributed by atoms with Crippen LogP contribution < -0.4 is 5.32 Å². The summed E-state index contributed by atoms with van der Waals surface area (Å²) in [4.78, 5) is 27.7. The standard InChI is InChI=1S/C14H13ClN2O3S/c1-8-16-10(7-21-8)6-13(18)17-9-3-4-12(15)11(5-9)14(19)20-2/h3-5,7H,6H2,1-2H3,(H,17,18). The summed E-state index contributed by atoms with van der Waals surface area (Å²) in [6.07, 6.45) is 0.181. The van der Waals surface area contributed by atoms with Crippen LogP contribution in [0.25, 0.3) is 0 Å². The maximum absolute atomic E-state index is 11.9. The Morgan fingerprint density at radius 2 is 2.19 bits per heavy atom. The van der Waals surface area contributed by atoms with E-state index in [1.807, 2.05) is 12.3 Å². The molecule has 1 aromatic carbocycles. The van der Waals surface area contributed by atoms with Gasteiger partial charge in [-0.2, -0.15) is 0 Å². The molecule has 0 aliphatic heterocycles. The molecule has 0 atom stereocenters. The molecule has 0 saturated carbocycles. The van der Waals surface area contributed by atoms with Crippen molar-refractivity contribution in [2.75, 3.05) is 12.4 Å². The van der Waals surface area contributed by atoms with Crippen molar-refractivity contribution >= 4 is 40.5 Å². The number of benzene rings is 1. The summed E-state index contributed by atoms with van der Waals surface area (Å²) >= 11 is 7.41. The Labute approximate surface area is 130 Å². The lowest BCUT2D eigenvalue weighted by molar-refractivity contribution is -0.115. The van der Waals surface area contributed by atoms with Crippen LogP contribution >= 0.6 is 22.9 Å². The van der Waals surface area contributed by atoms with Gasteiger partial charge in [0.1, 0.15) is 0 Å². The van der Waals surface area contributed by atoms with Gasteiger partial charge in [-0.15, -0.1) is 11.3 Å². The van der Waals surface area contributed by atoms with Gasteiger partial charge in [0.25, 0.3) is 0 Å². The first kappa shape index (κ1) is 15.5. The van der Waals surface area contributed by atoms with Crippen LogP contribution in [0.3, 0.4) is 0 Å². The van der Waals surface area contributed by atoms with Crippen LogP contribution in [0.4, 0.5) is 5.69 Å².